The maximum absolute atomic E-state index is 11.0. The van der Waals surface area contributed by atoms with Crippen LogP contribution in [0.5, 0.6) is 5.75 Å². The predicted octanol–water partition coefficient (Wildman–Crippen LogP) is 2.29. The minimum Gasteiger partial charge on any atom is -0.493 e. The average Bonchev–Trinajstić information content (AvgIpc) is 2.52. The number of carbonyl (C=O) groups is 1. The van der Waals surface area contributed by atoms with Crippen LogP contribution in [0.3, 0.4) is 0 Å². The van der Waals surface area contributed by atoms with E-state index in [0.717, 1.165) is 31.1 Å². The van der Waals surface area contributed by atoms with Gasteiger partial charge in [-0.1, -0.05) is 19.1 Å². The van der Waals surface area contributed by atoms with Gasteiger partial charge in [0.1, 0.15) is 11.5 Å². The second-order valence-corrected chi connectivity index (χ2v) is 6.73. The van der Waals surface area contributed by atoms with Gasteiger partial charge < -0.3 is 14.4 Å². The lowest BCUT2D eigenvalue weighted by atomic mass is 9.99. The molecule has 1 fully saturated rings. The molecule has 0 saturated carbocycles. The smallest absolute Gasteiger partial charge is 0.130 e. The summed E-state index contributed by atoms with van der Waals surface area (Å²) in [5, 5.41) is 0. The number of piperidine rings is 1. The number of hydrogen-bond acceptors (Lipinski definition) is 2. The highest BCUT2D eigenvalue weighted by molar-refractivity contribution is 5.75. The first kappa shape index (κ1) is 17.0. The molecule has 0 unspecified atom stereocenters. The van der Waals surface area contributed by atoms with Crippen molar-refractivity contribution in [3.8, 4) is 5.75 Å². The van der Waals surface area contributed by atoms with Gasteiger partial charge in [0.05, 0.1) is 26.2 Å². The number of nitrogens with one attached hydrogen (secondary N) is 1. The van der Waals surface area contributed by atoms with Crippen molar-refractivity contribution in [1.29, 1.82) is 0 Å². The Labute approximate surface area is 134 Å². The molecule has 3 heteroatoms. The number of carbonyl (C=O) groups excluding carboxylic acids is 1. The van der Waals surface area contributed by atoms with Gasteiger partial charge >= 0.3 is 0 Å². The van der Waals surface area contributed by atoms with Gasteiger partial charge in [0, 0.05) is 12.8 Å². The van der Waals surface area contributed by atoms with Crippen molar-refractivity contribution in [2.24, 2.45) is 5.92 Å². The molecule has 1 aliphatic rings. The number of benzene rings is 1. The van der Waals surface area contributed by atoms with E-state index in [4.69, 9.17) is 4.74 Å². The fourth-order valence-electron chi connectivity index (χ4n) is 3.01. The molecule has 0 amide bonds. The topological polar surface area (TPSA) is 30.7 Å². The molecule has 0 atom stereocenters. The largest absolute Gasteiger partial charge is 0.493 e. The van der Waals surface area contributed by atoms with Gasteiger partial charge in [0.25, 0.3) is 0 Å². The third kappa shape index (κ3) is 6.18. The quantitative estimate of drug-likeness (QED) is 0.747. The Balaban J connectivity index is 1.61. The van der Waals surface area contributed by atoms with E-state index in [1.54, 1.807) is 11.8 Å². The number of hydrogen-bond donors (Lipinski definition) is 1. The van der Waals surface area contributed by atoms with Crippen LogP contribution < -0.4 is 9.64 Å². The number of ketones is 1. The molecule has 1 aromatic rings. The Bertz CT molecular complexity index is 447. The van der Waals surface area contributed by atoms with Crippen LogP contribution in [0.25, 0.3) is 0 Å². The highest BCUT2D eigenvalue weighted by atomic mass is 16.5. The highest BCUT2D eigenvalue weighted by Gasteiger charge is 2.17. The van der Waals surface area contributed by atoms with Crippen LogP contribution >= 0.6 is 0 Å². The number of likely N-dealkylation sites (tertiary alicyclic amines) is 1. The molecule has 122 valence electrons. The highest BCUT2D eigenvalue weighted by Crippen LogP contribution is 2.13. The molecule has 0 aliphatic carbocycles. The molecule has 1 heterocycles. The molecular formula is C19H30NO2+. The van der Waals surface area contributed by atoms with Gasteiger partial charge in [-0.15, -0.1) is 0 Å². The third-order valence-electron chi connectivity index (χ3n) is 4.61. The molecular weight excluding hydrogens is 274 g/mol. The van der Waals surface area contributed by atoms with Crippen molar-refractivity contribution in [3.63, 3.8) is 0 Å². The maximum Gasteiger partial charge on any atom is 0.130 e. The van der Waals surface area contributed by atoms with Crippen LogP contribution in [0.15, 0.2) is 24.3 Å². The van der Waals surface area contributed by atoms with E-state index in [1.165, 1.54) is 38.0 Å². The van der Waals surface area contributed by atoms with Gasteiger partial charge in [0.15, 0.2) is 0 Å². The van der Waals surface area contributed by atoms with E-state index < -0.39 is 0 Å². The van der Waals surface area contributed by atoms with Gasteiger partial charge in [0.2, 0.25) is 0 Å². The summed E-state index contributed by atoms with van der Waals surface area (Å²) in [6, 6.07) is 8.17. The summed E-state index contributed by atoms with van der Waals surface area (Å²) in [6.07, 6.45) is 5.31. The molecule has 3 nitrogen and oxygen atoms in total. The molecule has 0 spiro atoms. The van der Waals surface area contributed by atoms with Crippen molar-refractivity contribution in [2.75, 3.05) is 26.2 Å². The number of ether oxygens (including phenoxy) is 1. The van der Waals surface area contributed by atoms with Crippen LogP contribution in [0.2, 0.25) is 0 Å². The summed E-state index contributed by atoms with van der Waals surface area (Å²) >= 11 is 0. The maximum atomic E-state index is 11.0. The first-order chi connectivity index (χ1) is 10.6. The van der Waals surface area contributed by atoms with Crippen molar-refractivity contribution in [1.82, 2.24) is 0 Å². The minimum absolute atomic E-state index is 0.245. The Morgan fingerprint density at radius 3 is 2.55 bits per heavy atom. The first-order valence-corrected chi connectivity index (χ1v) is 8.68. The number of quaternary nitrogens is 1. The third-order valence-corrected chi connectivity index (χ3v) is 4.61. The lowest BCUT2D eigenvalue weighted by molar-refractivity contribution is -0.906. The SMILES string of the molecule is CC(=O)CCc1ccc(OCCC[NH+]2CCC(C)CC2)cc1. The van der Waals surface area contributed by atoms with E-state index in [9.17, 15) is 4.79 Å². The molecule has 0 bridgehead atoms. The molecule has 1 aromatic carbocycles. The van der Waals surface area contributed by atoms with Crippen LogP contribution in [0, 0.1) is 5.92 Å². The van der Waals surface area contributed by atoms with E-state index in [2.05, 4.69) is 19.1 Å². The van der Waals surface area contributed by atoms with Crippen LogP contribution in [0.4, 0.5) is 0 Å². The zero-order valence-corrected chi connectivity index (χ0v) is 14.1. The summed E-state index contributed by atoms with van der Waals surface area (Å²) in [4.78, 5) is 12.7. The normalized spacial score (nSPS) is 21.5. The fourth-order valence-corrected chi connectivity index (χ4v) is 3.01. The second-order valence-electron chi connectivity index (χ2n) is 6.73. The Morgan fingerprint density at radius 2 is 1.91 bits per heavy atom. The van der Waals surface area contributed by atoms with Crippen molar-refractivity contribution in [2.45, 2.75) is 46.0 Å². The van der Waals surface area contributed by atoms with Crippen LogP contribution in [-0.4, -0.2) is 32.0 Å². The fraction of sp³-hybridized carbons (Fsp3) is 0.632. The van der Waals surface area contributed by atoms with Crippen molar-refractivity contribution >= 4 is 5.78 Å². The van der Waals surface area contributed by atoms with E-state index in [-0.39, 0.29) is 5.78 Å². The zero-order chi connectivity index (χ0) is 15.8. The molecule has 0 aromatic heterocycles. The summed E-state index contributed by atoms with van der Waals surface area (Å²) in [5.41, 5.74) is 1.20. The lowest BCUT2D eigenvalue weighted by Gasteiger charge is -2.27. The molecule has 22 heavy (non-hydrogen) atoms. The Hall–Kier alpha value is -1.35. The van der Waals surface area contributed by atoms with E-state index >= 15 is 0 Å². The monoisotopic (exact) mass is 304 g/mol. The predicted molar refractivity (Wildman–Crippen MR) is 89.5 cm³/mol. The molecule has 1 N–H and O–H groups in total. The van der Waals surface area contributed by atoms with Crippen LogP contribution in [-0.2, 0) is 11.2 Å². The van der Waals surface area contributed by atoms with Gasteiger partial charge in [-0.3, -0.25) is 0 Å². The number of Topliss-reactive ketones (excluding diaryl/α,β-unsaturated/α-hetero) is 1. The summed E-state index contributed by atoms with van der Waals surface area (Å²) < 4.78 is 5.82. The second kappa shape index (κ2) is 8.94. The summed E-state index contributed by atoms with van der Waals surface area (Å²) in [6.45, 7) is 8.68. The summed E-state index contributed by atoms with van der Waals surface area (Å²) in [5.74, 6) is 2.10. The number of aryl methyl sites for hydroxylation is 1. The molecule has 1 saturated heterocycles. The van der Waals surface area contributed by atoms with E-state index in [0.29, 0.717) is 6.42 Å². The first-order valence-electron chi connectivity index (χ1n) is 8.68. The Morgan fingerprint density at radius 1 is 1.23 bits per heavy atom. The molecule has 0 radical (unpaired) electrons. The van der Waals surface area contributed by atoms with E-state index in [1.807, 2.05) is 12.1 Å². The van der Waals surface area contributed by atoms with Crippen molar-refractivity contribution in [3.05, 3.63) is 29.8 Å². The lowest BCUT2D eigenvalue weighted by Crippen LogP contribution is -3.13. The standard InChI is InChI=1S/C19H29NO2/c1-16-10-13-20(14-11-16)12-3-15-22-19-8-6-18(7-9-19)5-4-17(2)21/h6-9,16H,3-5,10-15H2,1-2H3/p+1. The van der Waals surface area contributed by atoms with Crippen LogP contribution in [0.1, 0.15) is 45.1 Å². The van der Waals surface area contributed by atoms with Gasteiger partial charge in [-0.05, 0) is 49.8 Å². The van der Waals surface area contributed by atoms with Crippen molar-refractivity contribution < 1.29 is 14.4 Å². The number of rotatable bonds is 8. The molecule has 1 aliphatic heterocycles. The van der Waals surface area contributed by atoms with Gasteiger partial charge in [-0.2, -0.15) is 0 Å². The van der Waals surface area contributed by atoms with Gasteiger partial charge in [-0.25, -0.2) is 0 Å². The average molecular weight is 304 g/mol. The molecule has 2 rings (SSSR count). The summed E-state index contributed by atoms with van der Waals surface area (Å²) in [7, 11) is 0. The minimum atomic E-state index is 0.245. The Kier molecular flexibility index (Phi) is 6.91. The zero-order valence-electron chi connectivity index (χ0n) is 14.1.